The fourth-order valence-electron chi connectivity index (χ4n) is 7.80. The summed E-state index contributed by atoms with van der Waals surface area (Å²) in [7, 11) is 0. The van der Waals surface area contributed by atoms with Crippen molar-refractivity contribution in [1.82, 2.24) is 4.90 Å². The lowest BCUT2D eigenvalue weighted by atomic mass is 9.70. The van der Waals surface area contributed by atoms with E-state index in [0.29, 0.717) is 11.8 Å². The van der Waals surface area contributed by atoms with E-state index in [0.717, 1.165) is 45.1 Å². The molecular weight excluding hydrogens is 358 g/mol. The summed E-state index contributed by atoms with van der Waals surface area (Å²) in [4.78, 5) is 27.2. The van der Waals surface area contributed by atoms with Gasteiger partial charge in [0.05, 0.1) is 11.8 Å². The molecule has 156 valence electrons. The molecule has 28 heavy (non-hydrogen) atoms. The van der Waals surface area contributed by atoms with Crippen LogP contribution < -0.4 is 0 Å². The zero-order valence-corrected chi connectivity index (χ0v) is 17.2. The Morgan fingerprint density at radius 3 is 2.68 bits per heavy atom. The van der Waals surface area contributed by atoms with Gasteiger partial charge in [0.1, 0.15) is 12.2 Å². The predicted octanol–water partition coefficient (Wildman–Crippen LogP) is 2.27. The molecule has 0 unspecified atom stereocenters. The third-order valence-electron chi connectivity index (χ3n) is 8.81. The molecule has 1 aliphatic carbocycles. The molecule has 0 radical (unpaired) electrons. The minimum absolute atomic E-state index is 0.0384. The normalized spacial score (nSPS) is 53.4. The summed E-state index contributed by atoms with van der Waals surface area (Å²) in [5.41, 5.74) is -1.66. The minimum Gasteiger partial charge on any atom is -0.460 e. The van der Waals surface area contributed by atoms with Crippen LogP contribution >= 0.6 is 0 Å². The van der Waals surface area contributed by atoms with Gasteiger partial charge in [-0.15, -0.1) is 0 Å². The molecule has 0 bridgehead atoms. The van der Waals surface area contributed by atoms with Gasteiger partial charge >= 0.3 is 11.9 Å². The number of hydrogen-bond donors (Lipinski definition) is 1. The van der Waals surface area contributed by atoms with Crippen LogP contribution in [0.4, 0.5) is 0 Å². The molecule has 4 heterocycles. The van der Waals surface area contributed by atoms with Crippen molar-refractivity contribution >= 4 is 11.9 Å². The second-order valence-electron chi connectivity index (χ2n) is 10.1. The first-order valence-corrected chi connectivity index (χ1v) is 11.2. The van der Waals surface area contributed by atoms with Gasteiger partial charge in [-0.2, -0.15) is 0 Å². The molecule has 5 aliphatic rings. The van der Waals surface area contributed by atoms with E-state index in [9.17, 15) is 14.7 Å². The molecule has 6 heteroatoms. The average Bonchev–Trinajstić information content (AvgIpc) is 3.28. The van der Waals surface area contributed by atoms with Gasteiger partial charge in [0.15, 0.2) is 5.60 Å². The Kier molecular flexibility index (Phi) is 4.16. The Balaban J connectivity index is 1.58. The predicted molar refractivity (Wildman–Crippen MR) is 101 cm³/mol. The van der Waals surface area contributed by atoms with Crippen LogP contribution in [0.15, 0.2) is 0 Å². The van der Waals surface area contributed by atoms with E-state index in [1.165, 1.54) is 6.42 Å². The van der Waals surface area contributed by atoms with Gasteiger partial charge in [-0.05, 0) is 57.9 Å². The number of esters is 2. The van der Waals surface area contributed by atoms with Crippen molar-refractivity contribution in [3.8, 4) is 0 Å². The van der Waals surface area contributed by atoms with Crippen LogP contribution in [-0.2, 0) is 19.1 Å². The molecular formula is C22H33NO5. The van der Waals surface area contributed by atoms with Crippen LogP contribution in [0, 0.1) is 23.7 Å². The molecule has 0 aromatic heterocycles. The van der Waals surface area contributed by atoms with Gasteiger partial charge < -0.3 is 14.6 Å². The Labute approximate surface area is 166 Å². The lowest BCUT2D eigenvalue weighted by Crippen LogP contribution is -2.61. The fraction of sp³-hybridized carbons (Fsp3) is 0.909. The standard InChI is InChI=1S/C22H33NO5/c1-4-13-14-7-5-6-10-23-15(16-11-12(2)19(24)27-16)8-9-22(14,23)18-17(13)28-20(25)21(18,3)26/h12-18,26H,4-11H2,1-3H3/t12-,13+,14+,15-,16-,17+,18-,21-,22+/m0/s1. The van der Waals surface area contributed by atoms with E-state index in [-0.39, 0.29) is 41.6 Å². The first-order chi connectivity index (χ1) is 13.3. The SMILES string of the molecule is CC[C@H]1[C@H]2OC(=O)[C@@](C)(O)[C@H]2[C@]23CC[C@@H]([C@@H]4C[C@H](C)C(=O)O4)N2CCCC[C@H]13. The molecule has 5 rings (SSSR count). The van der Waals surface area contributed by atoms with E-state index in [1.54, 1.807) is 6.92 Å². The van der Waals surface area contributed by atoms with Crippen LogP contribution in [0.1, 0.15) is 65.7 Å². The van der Waals surface area contributed by atoms with Crippen molar-refractivity contribution < 1.29 is 24.2 Å². The molecule has 4 saturated heterocycles. The van der Waals surface area contributed by atoms with Crippen LogP contribution in [0.25, 0.3) is 0 Å². The maximum atomic E-state index is 12.6. The molecule has 9 atom stereocenters. The van der Waals surface area contributed by atoms with Crippen molar-refractivity contribution in [2.45, 2.75) is 95.1 Å². The number of carbonyl (C=O) groups excluding carboxylic acids is 2. The van der Waals surface area contributed by atoms with Gasteiger partial charge in [-0.3, -0.25) is 9.69 Å². The number of nitrogens with zero attached hydrogens (tertiary/aromatic N) is 1. The number of carbonyl (C=O) groups is 2. The first kappa shape index (κ1) is 18.9. The molecule has 4 aliphatic heterocycles. The maximum Gasteiger partial charge on any atom is 0.338 e. The van der Waals surface area contributed by atoms with Gasteiger partial charge in [-0.1, -0.05) is 20.3 Å². The van der Waals surface area contributed by atoms with Crippen LogP contribution in [0.3, 0.4) is 0 Å². The van der Waals surface area contributed by atoms with Crippen molar-refractivity contribution in [3.63, 3.8) is 0 Å². The monoisotopic (exact) mass is 391 g/mol. The zero-order chi connectivity index (χ0) is 19.8. The molecule has 0 aromatic carbocycles. The lowest BCUT2D eigenvalue weighted by Gasteiger charge is -2.47. The Morgan fingerprint density at radius 2 is 2.00 bits per heavy atom. The van der Waals surface area contributed by atoms with Crippen molar-refractivity contribution in [1.29, 1.82) is 0 Å². The van der Waals surface area contributed by atoms with Gasteiger partial charge in [0, 0.05) is 17.5 Å². The lowest BCUT2D eigenvalue weighted by molar-refractivity contribution is -0.159. The highest BCUT2D eigenvalue weighted by atomic mass is 16.6. The van der Waals surface area contributed by atoms with Gasteiger partial charge in [-0.25, -0.2) is 4.79 Å². The summed E-state index contributed by atoms with van der Waals surface area (Å²) in [6.07, 6.45) is 6.81. The van der Waals surface area contributed by atoms with Crippen molar-refractivity contribution in [3.05, 3.63) is 0 Å². The minimum atomic E-state index is -1.44. The molecule has 6 nitrogen and oxygen atoms in total. The van der Waals surface area contributed by atoms with E-state index in [4.69, 9.17) is 9.47 Å². The Hall–Kier alpha value is -1.14. The molecule has 5 fully saturated rings. The van der Waals surface area contributed by atoms with Gasteiger partial charge in [0.2, 0.25) is 0 Å². The molecule has 0 aromatic rings. The number of hydrogen-bond acceptors (Lipinski definition) is 6. The molecule has 0 amide bonds. The largest absolute Gasteiger partial charge is 0.460 e. The number of cyclic esters (lactones) is 1. The summed E-state index contributed by atoms with van der Waals surface area (Å²) in [6, 6.07) is 0.192. The van der Waals surface area contributed by atoms with Crippen molar-refractivity contribution in [2.75, 3.05) is 6.54 Å². The van der Waals surface area contributed by atoms with E-state index >= 15 is 0 Å². The second kappa shape index (κ2) is 6.18. The van der Waals surface area contributed by atoms with E-state index in [2.05, 4.69) is 11.8 Å². The summed E-state index contributed by atoms with van der Waals surface area (Å²) in [6.45, 7) is 6.75. The highest BCUT2D eigenvalue weighted by Gasteiger charge is 2.75. The number of rotatable bonds is 2. The van der Waals surface area contributed by atoms with E-state index in [1.807, 2.05) is 6.92 Å². The second-order valence-corrected chi connectivity index (χ2v) is 10.1. The van der Waals surface area contributed by atoms with Crippen LogP contribution in [0.2, 0.25) is 0 Å². The highest BCUT2D eigenvalue weighted by molar-refractivity contribution is 5.82. The van der Waals surface area contributed by atoms with E-state index < -0.39 is 11.6 Å². The summed E-state index contributed by atoms with van der Waals surface area (Å²) < 4.78 is 11.6. The van der Waals surface area contributed by atoms with Crippen LogP contribution in [0.5, 0.6) is 0 Å². The Morgan fingerprint density at radius 1 is 1.21 bits per heavy atom. The maximum absolute atomic E-state index is 12.6. The summed E-state index contributed by atoms with van der Waals surface area (Å²) >= 11 is 0. The van der Waals surface area contributed by atoms with Crippen molar-refractivity contribution in [2.24, 2.45) is 23.7 Å². The zero-order valence-electron chi connectivity index (χ0n) is 17.2. The summed E-state index contributed by atoms with van der Waals surface area (Å²) in [5.74, 6) is -0.0492. The number of aliphatic hydroxyl groups is 1. The molecule has 1 saturated carbocycles. The molecule has 1 spiro atoms. The third kappa shape index (κ3) is 2.22. The Bertz CT molecular complexity index is 692. The fourth-order valence-corrected chi connectivity index (χ4v) is 7.80. The third-order valence-corrected chi connectivity index (χ3v) is 8.81. The van der Waals surface area contributed by atoms with Crippen LogP contribution in [-0.4, -0.2) is 57.9 Å². The average molecular weight is 392 g/mol. The first-order valence-electron chi connectivity index (χ1n) is 11.2. The number of ether oxygens (including phenoxy) is 2. The topological polar surface area (TPSA) is 76.1 Å². The quantitative estimate of drug-likeness (QED) is 0.728. The smallest absolute Gasteiger partial charge is 0.338 e. The summed E-state index contributed by atoms with van der Waals surface area (Å²) in [5, 5.41) is 11.3. The highest BCUT2D eigenvalue weighted by Crippen LogP contribution is 2.64. The molecule has 1 N–H and O–H groups in total. The van der Waals surface area contributed by atoms with Gasteiger partial charge in [0.25, 0.3) is 0 Å². The number of fused-ring (bicyclic) bond motifs is 1.